The van der Waals surface area contributed by atoms with Crippen molar-refractivity contribution in [2.75, 3.05) is 11.9 Å². The van der Waals surface area contributed by atoms with Gasteiger partial charge in [0, 0.05) is 11.7 Å². The van der Waals surface area contributed by atoms with E-state index in [1.54, 1.807) is 6.33 Å². The molecule has 1 heterocycles. The van der Waals surface area contributed by atoms with Crippen molar-refractivity contribution in [1.82, 2.24) is 20.1 Å². The van der Waals surface area contributed by atoms with Crippen molar-refractivity contribution >= 4 is 11.7 Å². The second-order valence-electron chi connectivity index (χ2n) is 5.61. The second-order valence-corrected chi connectivity index (χ2v) is 5.61. The molecule has 0 radical (unpaired) electrons. The molecule has 122 valence electrons. The van der Waals surface area contributed by atoms with Gasteiger partial charge in [0.25, 0.3) is 0 Å². The molecule has 1 fully saturated rings. The van der Waals surface area contributed by atoms with Crippen LogP contribution in [0, 0.1) is 6.92 Å². The van der Waals surface area contributed by atoms with Crippen LogP contribution in [0.1, 0.15) is 37.2 Å². The molecule has 0 spiro atoms. The average molecular weight is 315 g/mol. The van der Waals surface area contributed by atoms with E-state index in [0.29, 0.717) is 19.2 Å². The van der Waals surface area contributed by atoms with Crippen molar-refractivity contribution in [2.24, 2.45) is 0 Å². The molecule has 23 heavy (non-hydrogen) atoms. The molecule has 1 aromatic carbocycles. The Hall–Kier alpha value is -2.57. The van der Waals surface area contributed by atoms with Crippen LogP contribution in [0.2, 0.25) is 0 Å². The predicted octanol–water partition coefficient (Wildman–Crippen LogP) is 2.64. The van der Waals surface area contributed by atoms with Crippen molar-refractivity contribution in [3.63, 3.8) is 0 Å². The van der Waals surface area contributed by atoms with E-state index >= 15 is 0 Å². The topological polar surface area (TPSA) is 81.1 Å². The molecule has 0 aliphatic heterocycles. The number of urea groups is 1. The predicted molar refractivity (Wildman–Crippen MR) is 86.5 cm³/mol. The average Bonchev–Trinajstić information content (AvgIpc) is 3.26. The molecule has 1 saturated carbocycles. The van der Waals surface area contributed by atoms with Crippen LogP contribution in [-0.4, -0.2) is 27.4 Å². The Bertz CT molecular complexity index is 694. The highest BCUT2D eigenvalue weighted by Crippen LogP contribution is 2.35. The van der Waals surface area contributed by atoms with Crippen LogP contribution < -0.4 is 15.4 Å². The zero-order valence-electron chi connectivity index (χ0n) is 13.4. The first-order valence-electron chi connectivity index (χ1n) is 7.84. The van der Waals surface area contributed by atoms with Crippen LogP contribution >= 0.6 is 0 Å². The van der Waals surface area contributed by atoms with E-state index in [0.717, 1.165) is 35.7 Å². The molecule has 0 saturated heterocycles. The molecule has 7 heteroatoms. The van der Waals surface area contributed by atoms with Crippen LogP contribution in [-0.2, 0) is 6.54 Å². The van der Waals surface area contributed by atoms with Gasteiger partial charge in [0.05, 0.1) is 13.2 Å². The Morgan fingerprint density at radius 1 is 1.43 bits per heavy atom. The van der Waals surface area contributed by atoms with Crippen LogP contribution in [0.25, 0.3) is 0 Å². The van der Waals surface area contributed by atoms with Gasteiger partial charge in [0.1, 0.15) is 12.1 Å². The third-order valence-corrected chi connectivity index (χ3v) is 3.73. The number of hydrogen-bond acceptors (Lipinski definition) is 4. The number of carbonyl (C=O) groups excluding carboxylic acids is 1. The summed E-state index contributed by atoms with van der Waals surface area (Å²) in [6, 6.07) is 5.80. The standard InChI is InChI=1S/C16H21N5O2/c1-3-23-14-7-4-12(8-11(14)2)19-16(22)17-9-15-20-18-10-21(15)13-5-6-13/h4,7-8,10,13H,3,5-6,9H2,1-2H3,(H2,17,19,22). The number of aryl methyl sites for hydroxylation is 1. The summed E-state index contributed by atoms with van der Waals surface area (Å²) in [5.74, 6) is 1.61. The molecule has 7 nitrogen and oxygen atoms in total. The maximum atomic E-state index is 12.0. The number of nitrogens with zero attached hydrogens (tertiary/aromatic N) is 3. The summed E-state index contributed by atoms with van der Waals surface area (Å²) in [4.78, 5) is 12.0. The molecule has 3 rings (SSSR count). The SMILES string of the molecule is CCOc1ccc(NC(=O)NCc2nncn2C2CC2)cc1C. The molecule has 2 amide bonds. The first kappa shape index (κ1) is 15.3. The molecule has 1 aliphatic carbocycles. The van der Waals surface area contributed by atoms with E-state index in [2.05, 4.69) is 20.8 Å². The van der Waals surface area contributed by atoms with Crippen molar-refractivity contribution in [1.29, 1.82) is 0 Å². The number of benzene rings is 1. The van der Waals surface area contributed by atoms with E-state index in [-0.39, 0.29) is 6.03 Å². The Kier molecular flexibility index (Phi) is 4.45. The van der Waals surface area contributed by atoms with Gasteiger partial charge >= 0.3 is 6.03 Å². The van der Waals surface area contributed by atoms with Crippen molar-refractivity contribution in [2.45, 2.75) is 39.3 Å². The summed E-state index contributed by atoms with van der Waals surface area (Å²) in [6.45, 7) is 4.87. The lowest BCUT2D eigenvalue weighted by Gasteiger charge is -2.11. The fourth-order valence-electron chi connectivity index (χ4n) is 2.43. The highest BCUT2D eigenvalue weighted by Gasteiger charge is 2.25. The summed E-state index contributed by atoms with van der Waals surface area (Å²) in [5, 5.41) is 13.6. The van der Waals surface area contributed by atoms with Crippen LogP contribution in [0.5, 0.6) is 5.75 Å². The Morgan fingerprint density at radius 3 is 2.96 bits per heavy atom. The number of carbonyl (C=O) groups is 1. The quantitative estimate of drug-likeness (QED) is 0.858. The number of hydrogen-bond donors (Lipinski definition) is 2. The van der Waals surface area contributed by atoms with E-state index in [9.17, 15) is 4.79 Å². The summed E-state index contributed by atoms with van der Waals surface area (Å²) in [5.41, 5.74) is 1.71. The number of anilines is 1. The van der Waals surface area contributed by atoms with Crippen molar-refractivity contribution < 1.29 is 9.53 Å². The zero-order chi connectivity index (χ0) is 16.2. The fourth-order valence-corrected chi connectivity index (χ4v) is 2.43. The van der Waals surface area contributed by atoms with Crippen molar-refractivity contribution in [3.8, 4) is 5.75 Å². The number of rotatable bonds is 6. The third kappa shape index (κ3) is 3.80. The first-order chi connectivity index (χ1) is 11.2. The van der Waals surface area contributed by atoms with E-state index in [4.69, 9.17) is 4.74 Å². The minimum absolute atomic E-state index is 0.265. The van der Waals surface area contributed by atoms with Crippen LogP contribution in [0.15, 0.2) is 24.5 Å². The lowest BCUT2D eigenvalue weighted by Crippen LogP contribution is -2.29. The van der Waals surface area contributed by atoms with Gasteiger partial charge in [-0.15, -0.1) is 10.2 Å². The Balaban J connectivity index is 1.54. The number of nitrogens with one attached hydrogen (secondary N) is 2. The lowest BCUT2D eigenvalue weighted by molar-refractivity contribution is 0.251. The Morgan fingerprint density at radius 2 is 2.26 bits per heavy atom. The minimum atomic E-state index is -0.265. The zero-order valence-corrected chi connectivity index (χ0v) is 13.4. The highest BCUT2D eigenvalue weighted by atomic mass is 16.5. The number of aromatic nitrogens is 3. The number of amides is 2. The monoisotopic (exact) mass is 315 g/mol. The molecule has 0 unspecified atom stereocenters. The second kappa shape index (κ2) is 6.68. The van der Waals surface area contributed by atoms with Gasteiger partial charge in [0.15, 0.2) is 5.82 Å². The number of ether oxygens (including phenoxy) is 1. The summed E-state index contributed by atoms with van der Waals surface area (Å²) < 4.78 is 7.52. The molecule has 0 bridgehead atoms. The summed E-state index contributed by atoms with van der Waals surface area (Å²) in [6.07, 6.45) is 4.04. The van der Waals surface area contributed by atoms with Crippen molar-refractivity contribution in [3.05, 3.63) is 35.9 Å². The Labute approximate surface area is 135 Å². The first-order valence-corrected chi connectivity index (χ1v) is 7.84. The maximum Gasteiger partial charge on any atom is 0.319 e. The molecule has 2 aromatic rings. The fraction of sp³-hybridized carbons (Fsp3) is 0.438. The smallest absolute Gasteiger partial charge is 0.319 e. The van der Waals surface area contributed by atoms with Gasteiger partial charge in [0.2, 0.25) is 0 Å². The lowest BCUT2D eigenvalue weighted by atomic mass is 10.2. The molecular formula is C16H21N5O2. The van der Waals surface area contributed by atoms with E-state index in [1.807, 2.05) is 36.6 Å². The van der Waals surface area contributed by atoms with Gasteiger partial charge in [-0.25, -0.2) is 4.79 Å². The molecule has 1 aliphatic rings. The molecule has 2 N–H and O–H groups in total. The van der Waals surface area contributed by atoms with Gasteiger partial charge in [-0.2, -0.15) is 0 Å². The van der Waals surface area contributed by atoms with Crippen LogP contribution in [0.4, 0.5) is 10.5 Å². The van der Waals surface area contributed by atoms with E-state index < -0.39 is 0 Å². The van der Waals surface area contributed by atoms with Gasteiger partial charge in [-0.1, -0.05) is 0 Å². The van der Waals surface area contributed by atoms with Gasteiger partial charge in [-0.3, -0.25) is 0 Å². The molecule has 0 atom stereocenters. The normalized spacial score (nSPS) is 13.7. The maximum absolute atomic E-state index is 12.0. The minimum Gasteiger partial charge on any atom is -0.494 e. The van der Waals surface area contributed by atoms with Gasteiger partial charge in [-0.05, 0) is 50.5 Å². The third-order valence-electron chi connectivity index (χ3n) is 3.73. The van der Waals surface area contributed by atoms with E-state index in [1.165, 1.54) is 0 Å². The van der Waals surface area contributed by atoms with Crippen LogP contribution in [0.3, 0.4) is 0 Å². The molecular weight excluding hydrogens is 294 g/mol. The molecule has 1 aromatic heterocycles. The highest BCUT2D eigenvalue weighted by molar-refractivity contribution is 5.89. The summed E-state index contributed by atoms with van der Waals surface area (Å²) >= 11 is 0. The largest absolute Gasteiger partial charge is 0.494 e. The van der Waals surface area contributed by atoms with Gasteiger partial charge < -0.3 is 19.9 Å². The summed E-state index contributed by atoms with van der Waals surface area (Å²) in [7, 11) is 0.